The molecule has 2 atom stereocenters. The Morgan fingerprint density at radius 2 is 2.06 bits per heavy atom. The predicted octanol–water partition coefficient (Wildman–Crippen LogP) is 1.94. The molecule has 0 aliphatic carbocycles. The number of hydrogen-bond acceptors (Lipinski definition) is 6. The molecule has 3 fully saturated rings. The zero-order chi connectivity index (χ0) is 23.0. The number of carbonyl (C=O) groups is 2. The van der Waals surface area contributed by atoms with E-state index in [0.717, 1.165) is 64.0 Å². The Labute approximate surface area is 197 Å². The number of likely N-dealkylation sites (N-methyl/N-ethyl adjacent to an activating group) is 1. The quantitative estimate of drug-likeness (QED) is 0.622. The summed E-state index contributed by atoms with van der Waals surface area (Å²) < 4.78 is 11.8. The van der Waals surface area contributed by atoms with Crippen molar-refractivity contribution in [3.63, 3.8) is 0 Å². The zero-order valence-corrected chi connectivity index (χ0v) is 19.9. The molecule has 8 nitrogen and oxygen atoms in total. The number of rotatable bonds is 7. The van der Waals surface area contributed by atoms with Gasteiger partial charge in [-0.15, -0.1) is 0 Å². The van der Waals surface area contributed by atoms with E-state index in [-0.39, 0.29) is 30.5 Å². The van der Waals surface area contributed by atoms with Crippen molar-refractivity contribution in [2.24, 2.45) is 5.92 Å². The van der Waals surface area contributed by atoms with Gasteiger partial charge in [-0.05, 0) is 56.3 Å². The minimum Gasteiger partial charge on any atom is -0.381 e. The highest BCUT2D eigenvalue weighted by Gasteiger charge is 2.37. The van der Waals surface area contributed by atoms with Gasteiger partial charge >= 0.3 is 0 Å². The molecule has 2 amide bonds. The molecule has 1 aromatic rings. The van der Waals surface area contributed by atoms with Crippen LogP contribution in [0.3, 0.4) is 0 Å². The maximum atomic E-state index is 13.6. The number of aromatic nitrogens is 1. The van der Waals surface area contributed by atoms with Gasteiger partial charge in [-0.2, -0.15) is 0 Å². The van der Waals surface area contributed by atoms with Gasteiger partial charge in [0.25, 0.3) is 0 Å². The number of ether oxygens (including phenoxy) is 2. The summed E-state index contributed by atoms with van der Waals surface area (Å²) >= 11 is 0. The van der Waals surface area contributed by atoms with Crippen molar-refractivity contribution in [2.45, 2.75) is 57.8 Å². The van der Waals surface area contributed by atoms with E-state index < -0.39 is 0 Å². The zero-order valence-electron chi connectivity index (χ0n) is 19.9. The van der Waals surface area contributed by atoms with Crippen LogP contribution in [0, 0.1) is 5.92 Å². The molecule has 182 valence electrons. The van der Waals surface area contributed by atoms with Crippen molar-refractivity contribution in [1.29, 1.82) is 0 Å². The van der Waals surface area contributed by atoms with Gasteiger partial charge in [-0.3, -0.25) is 19.5 Å². The number of likely N-dealkylation sites (tertiary alicyclic amines) is 1. The Hall–Kier alpha value is -2.03. The van der Waals surface area contributed by atoms with Crippen LogP contribution in [0.1, 0.15) is 44.6 Å². The van der Waals surface area contributed by atoms with E-state index >= 15 is 0 Å². The summed E-state index contributed by atoms with van der Waals surface area (Å²) in [4.78, 5) is 37.0. The van der Waals surface area contributed by atoms with Gasteiger partial charge in [0.05, 0.1) is 25.3 Å². The molecule has 0 bridgehead atoms. The Morgan fingerprint density at radius 3 is 2.82 bits per heavy atom. The third-order valence-electron chi connectivity index (χ3n) is 7.17. The van der Waals surface area contributed by atoms with Gasteiger partial charge in [-0.25, -0.2) is 0 Å². The first-order valence-corrected chi connectivity index (χ1v) is 12.5. The van der Waals surface area contributed by atoms with Crippen LogP contribution in [0.2, 0.25) is 0 Å². The summed E-state index contributed by atoms with van der Waals surface area (Å²) in [5, 5.41) is 0. The molecule has 0 saturated carbocycles. The van der Waals surface area contributed by atoms with Crippen LogP contribution < -0.4 is 0 Å². The first kappa shape index (κ1) is 24.1. The van der Waals surface area contributed by atoms with Crippen LogP contribution >= 0.6 is 0 Å². The van der Waals surface area contributed by atoms with Gasteiger partial charge in [0, 0.05) is 45.2 Å². The van der Waals surface area contributed by atoms with Crippen molar-refractivity contribution in [3.8, 4) is 0 Å². The summed E-state index contributed by atoms with van der Waals surface area (Å²) in [6, 6.07) is 3.75. The fourth-order valence-electron chi connectivity index (χ4n) is 5.23. The molecule has 4 heterocycles. The lowest BCUT2D eigenvalue weighted by atomic mass is 9.99. The molecule has 0 N–H and O–H groups in total. The summed E-state index contributed by atoms with van der Waals surface area (Å²) in [6.45, 7) is 7.66. The standard InChI is InChI=1S/C25H38N4O4/c1-2-27-11-4-3-7-23(27)25(31)29-17-22(33-19-21-6-5-10-26-14-21)16-28(24(30)18-29)15-20-8-12-32-13-9-20/h5-6,10,14,20,22-23H,2-4,7-9,11-13,15-19H2,1H3/t22-,23+/m1/s1. The van der Waals surface area contributed by atoms with Crippen molar-refractivity contribution in [2.75, 3.05) is 52.5 Å². The monoisotopic (exact) mass is 458 g/mol. The predicted molar refractivity (Wildman–Crippen MR) is 124 cm³/mol. The summed E-state index contributed by atoms with van der Waals surface area (Å²) in [5.41, 5.74) is 0.992. The molecular formula is C25H38N4O4. The number of nitrogens with zero attached hydrogens (tertiary/aromatic N) is 4. The lowest BCUT2D eigenvalue weighted by Gasteiger charge is -2.37. The van der Waals surface area contributed by atoms with Crippen LogP contribution in [-0.2, 0) is 25.7 Å². The second-order valence-corrected chi connectivity index (χ2v) is 9.51. The number of pyridine rings is 1. The molecule has 3 saturated heterocycles. The molecule has 3 aliphatic rings. The fourth-order valence-corrected chi connectivity index (χ4v) is 5.23. The number of carbonyl (C=O) groups excluding carboxylic acids is 2. The third-order valence-corrected chi connectivity index (χ3v) is 7.17. The highest BCUT2D eigenvalue weighted by atomic mass is 16.5. The Bertz CT molecular complexity index is 771. The lowest BCUT2D eigenvalue weighted by Crippen LogP contribution is -2.53. The van der Waals surface area contributed by atoms with Crippen LogP contribution in [0.15, 0.2) is 24.5 Å². The second-order valence-electron chi connectivity index (χ2n) is 9.51. The van der Waals surface area contributed by atoms with Crippen LogP contribution in [0.4, 0.5) is 0 Å². The minimum atomic E-state index is -0.223. The largest absolute Gasteiger partial charge is 0.381 e. The van der Waals surface area contributed by atoms with Gasteiger partial charge in [0.15, 0.2) is 0 Å². The molecular weight excluding hydrogens is 420 g/mol. The van der Waals surface area contributed by atoms with E-state index in [2.05, 4.69) is 16.8 Å². The van der Waals surface area contributed by atoms with E-state index in [4.69, 9.17) is 9.47 Å². The Balaban J connectivity index is 1.47. The molecule has 8 heteroatoms. The summed E-state index contributed by atoms with van der Waals surface area (Å²) in [5.74, 6) is 0.548. The average Bonchev–Trinajstić information content (AvgIpc) is 3.02. The van der Waals surface area contributed by atoms with Gasteiger partial charge in [0.2, 0.25) is 11.8 Å². The fraction of sp³-hybridized carbons (Fsp3) is 0.720. The van der Waals surface area contributed by atoms with E-state index in [1.54, 1.807) is 17.3 Å². The smallest absolute Gasteiger partial charge is 0.242 e. The van der Waals surface area contributed by atoms with Crippen LogP contribution in [0.5, 0.6) is 0 Å². The molecule has 4 rings (SSSR count). The number of hydrogen-bond donors (Lipinski definition) is 0. The molecule has 1 aromatic heterocycles. The van der Waals surface area contributed by atoms with Crippen molar-refractivity contribution in [1.82, 2.24) is 19.7 Å². The number of amides is 2. The van der Waals surface area contributed by atoms with Gasteiger partial charge in [0.1, 0.15) is 0 Å². The van der Waals surface area contributed by atoms with E-state index in [1.165, 1.54) is 0 Å². The topological polar surface area (TPSA) is 75.2 Å². The molecule has 0 radical (unpaired) electrons. The Kier molecular flexibility index (Phi) is 8.69. The Morgan fingerprint density at radius 1 is 1.21 bits per heavy atom. The second kappa shape index (κ2) is 11.9. The molecule has 0 spiro atoms. The number of piperidine rings is 1. The molecule has 3 aliphatic heterocycles. The maximum Gasteiger partial charge on any atom is 0.242 e. The minimum absolute atomic E-state index is 0.0289. The van der Waals surface area contributed by atoms with Crippen molar-refractivity contribution in [3.05, 3.63) is 30.1 Å². The highest BCUT2D eigenvalue weighted by molar-refractivity contribution is 5.88. The highest BCUT2D eigenvalue weighted by Crippen LogP contribution is 2.22. The molecule has 33 heavy (non-hydrogen) atoms. The molecule has 0 unspecified atom stereocenters. The maximum absolute atomic E-state index is 13.6. The molecule has 0 aromatic carbocycles. The SMILES string of the molecule is CCN1CCCC[C@H]1C(=O)N1CC(=O)N(CC2CCOCC2)C[C@@H](OCc2cccnc2)C1. The summed E-state index contributed by atoms with van der Waals surface area (Å²) in [7, 11) is 0. The lowest BCUT2D eigenvalue weighted by molar-refractivity contribution is -0.143. The van der Waals surface area contributed by atoms with E-state index in [1.807, 2.05) is 17.0 Å². The van der Waals surface area contributed by atoms with E-state index in [0.29, 0.717) is 32.2 Å². The van der Waals surface area contributed by atoms with Gasteiger partial charge in [-0.1, -0.05) is 19.4 Å². The van der Waals surface area contributed by atoms with E-state index in [9.17, 15) is 9.59 Å². The third kappa shape index (κ3) is 6.52. The van der Waals surface area contributed by atoms with Crippen LogP contribution in [0.25, 0.3) is 0 Å². The average molecular weight is 459 g/mol. The first-order chi connectivity index (χ1) is 16.1. The first-order valence-electron chi connectivity index (χ1n) is 12.5. The van der Waals surface area contributed by atoms with Gasteiger partial charge < -0.3 is 19.3 Å². The van der Waals surface area contributed by atoms with Crippen molar-refractivity contribution >= 4 is 11.8 Å². The normalized spacial score (nSPS) is 25.8. The van der Waals surface area contributed by atoms with Crippen molar-refractivity contribution < 1.29 is 19.1 Å². The van der Waals surface area contributed by atoms with Crippen LogP contribution in [-0.4, -0.2) is 96.1 Å². The summed E-state index contributed by atoms with van der Waals surface area (Å²) in [6.07, 6.45) is 8.32.